The number of alkyl halides is 6. The van der Waals surface area contributed by atoms with Gasteiger partial charge >= 0.3 is 6.18 Å². The zero-order chi connectivity index (χ0) is 29.0. The minimum absolute atomic E-state index is 0.0612. The summed E-state index contributed by atoms with van der Waals surface area (Å²) in [5.74, 6) is -3.56. The van der Waals surface area contributed by atoms with Gasteiger partial charge in [-0.2, -0.15) is 13.2 Å². The Hall–Kier alpha value is -3.41. The van der Waals surface area contributed by atoms with Crippen LogP contribution in [0.15, 0.2) is 42.7 Å². The number of anilines is 1. The van der Waals surface area contributed by atoms with Crippen LogP contribution in [0.2, 0.25) is 0 Å². The van der Waals surface area contributed by atoms with Gasteiger partial charge in [-0.1, -0.05) is 26.0 Å². The minimum atomic E-state index is -4.69. The monoisotopic (exact) mass is 565 g/mol. The fraction of sp³-hybridized carbons (Fsp3) is 0.464. The van der Waals surface area contributed by atoms with E-state index in [9.17, 15) is 26.7 Å². The molecule has 0 spiro atoms. The average molecular weight is 566 g/mol. The number of aromatic nitrogens is 3. The van der Waals surface area contributed by atoms with Crippen LogP contribution in [0, 0.1) is 5.92 Å². The highest BCUT2D eigenvalue weighted by molar-refractivity contribution is 6.10. The maximum absolute atomic E-state index is 15.9. The maximum Gasteiger partial charge on any atom is 0.416 e. The predicted molar refractivity (Wildman–Crippen MR) is 136 cm³/mol. The van der Waals surface area contributed by atoms with Crippen LogP contribution < -0.4 is 10.2 Å². The van der Waals surface area contributed by atoms with E-state index in [-0.39, 0.29) is 47.2 Å². The molecule has 5 rings (SSSR count). The number of benzene rings is 2. The summed E-state index contributed by atoms with van der Waals surface area (Å²) >= 11 is 0. The van der Waals surface area contributed by atoms with Crippen LogP contribution >= 0.6 is 0 Å². The van der Waals surface area contributed by atoms with E-state index in [4.69, 9.17) is 0 Å². The third-order valence-corrected chi connectivity index (χ3v) is 7.63. The molecule has 1 aliphatic heterocycles. The fourth-order valence-corrected chi connectivity index (χ4v) is 5.69. The van der Waals surface area contributed by atoms with Crippen molar-refractivity contribution in [3.63, 3.8) is 0 Å². The van der Waals surface area contributed by atoms with E-state index in [0.717, 1.165) is 6.07 Å². The van der Waals surface area contributed by atoms with Gasteiger partial charge in [-0.25, -0.2) is 13.2 Å². The Kier molecular flexibility index (Phi) is 6.96. The first kappa shape index (κ1) is 28.1. The van der Waals surface area contributed by atoms with Crippen molar-refractivity contribution in [1.29, 1.82) is 0 Å². The summed E-state index contributed by atoms with van der Waals surface area (Å²) in [5, 5.41) is 10.5. The number of hydrogen-bond acceptors (Lipinski definition) is 4. The lowest BCUT2D eigenvalue weighted by Crippen LogP contribution is -2.52. The Bertz CT molecular complexity index is 1420. The third kappa shape index (κ3) is 4.97. The lowest BCUT2D eigenvalue weighted by Gasteiger charge is -2.49. The number of aryl methyl sites for hydroxylation is 1. The van der Waals surface area contributed by atoms with E-state index in [1.54, 1.807) is 0 Å². The molecular formula is C28H29F6N5O. The number of halogens is 6. The quantitative estimate of drug-likeness (QED) is 0.335. The molecule has 3 aromatic rings. The van der Waals surface area contributed by atoms with Crippen molar-refractivity contribution in [3.05, 3.63) is 76.4 Å². The molecule has 214 valence electrons. The molecule has 1 aromatic heterocycles. The minimum Gasteiger partial charge on any atom is -0.318 e. The standard InChI is InChI=1S/C28H29F6N5O/c1-16(2)10-35-11-17-7-20-21(22(8-17)28(32,33)34)12-39(25(20)40)19-6-4-5-18(9-19)26(13-27(30,31)14-26)23(29)24-37-36-15-38(24)3/h4-9,15-16,23,35H,10-14H2,1-3H3/t23-/m0/s1. The molecule has 1 saturated carbocycles. The van der Waals surface area contributed by atoms with Crippen LogP contribution in [-0.2, 0) is 31.7 Å². The largest absolute Gasteiger partial charge is 0.416 e. The highest BCUT2D eigenvalue weighted by Gasteiger charge is 2.62. The van der Waals surface area contributed by atoms with E-state index in [2.05, 4.69) is 15.5 Å². The molecule has 0 unspecified atom stereocenters. The lowest BCUT2D eigenvalue weighted by atomic mass is 9.59. The van der Waals surface area contributed by atoms with Crippen molar-refractivity contribution in [2.45, 2.75) is 63.5 Å². The highest BCUT2D eigenvalue weighted by Crippen LogP contribution is 2.60. The number of rotatable bonds is 8. The zero-order valence-electron chi connectivity index (χ0n) is 22.2. The molecule has 12 heteroatoms. The van der Waals surface area contributed by atoms with Crippen LogP contribution in [0.25, 0.3) is 0 Å². The van der Waals surface area contributed by atoms with Crippen molar-refractivity contribution >= 4 is 11.6 Å². The molecule has 6 nitrogen and oxygen atoms in total. The van der Waals surface area contributed by atoms with E-state index in [1.165, 1.54) is 53.2 Å². The first-order chi connectivity index (χ1) is 18.7. The zero-order valence-corrected chi connectivity index (χ0v) is 22.2. The molecule has 1 N–H and O–H groups in total. The lowest BCUT2D eigenvalue weighted by molar-refractivity contribution is -0.151. The molecule has 2 aliphatic rings. The van der Waals surface area contributed by atoms with E-state index < -0.39 is 48.0 Å². The summed E-state index contributed by atoms with van der Waals surface area (Å²) in [6, 6.07) is 8.43. The van der Waals surface area contributed by atoms with Crippen molar-refractivity contribution in [3.8, 4) is 0 Å². The van der Waals surface area contributed by atoms with Gasteiger partial charge < -0.3 is 14.8 Å². The molecule has 1 aliphatic carbocycles. The fourth-order valence-electron chi connectivity index (χ4n) is 5.69. The molecule has 40 heavy (non-hydrogen) atoms. The van der Waals surface area contributed by atoms with Gasteiger partial charge in [0.05, 0.1) is 12.1 Å². The molecule has 0 saturated heterocycles. The first-order valence-electron chi connectivity index (χ1n) is 12.9. The van der Waals surface area contributed by atoms with Gasteiger partial charge in [-0.3, -0.25) is 4.79 Å². The molecule has 1 fully saturated rings. The van der Waals surface area contributed by atoms with Crippen LogP contribution in [0.1, 0.15) is 71.3 Å². The molecule has 1 amide bonds. The number of nitrogens with zero attached hydrogens (tertiary/aromatic N) is 4. The molecular weight excluding hydrogens is 536 g/mol. The van der Waals surface area contributed by atoms with Gasteiger partial charge in [-0.15, -0.1) is 10.2 Å². The van der Waals surface area contributed by atoms with Crippen molar-refractivity contribution in [2.75, 3.05) is 11.4 Å². The second-order valence-electron chi connectivity index (χ2n) is 11.2. The topological polar surface area (TPSA) is 63.0 Å². The molecule has 2 heterocycles. The Morgan fingerprint density at radius 2 is 1.85 bits per heavy atom. The van der Waals surface area contributed by atoms with Crippen molar-refractivity contribution < 1.29 is 31.1 Å². The summed E-state index contributed by atoms with van der Waals surface area (Å²) < 4.78 is 87.8. The van der Waals surface area contributed by atoms with Gasteiger partial charge in [0.25, 0.3) is 5.91 Å². The molecule has 0 radical (unpaired) electrons. The van der Waals surface area contributed by atoms with E-state index >= 15 is 4.39 Å². The molecule has 2 aromatic carbocycles. The van der Waals surface area contributed by atoms with Crippen LogP contribution in [-0.4, -0.2) is 33.1 Å². The Morgan fingerprint density at radius 3 is 2.45 bits per heavy atom. The van der Waals surface area contributed by atoms with Gasteiger partial charge in [0.15, 0.2) is 12.0 Å². The van der Waals surface area contributed by atoms with Gasteiger partial charge in [0, 0.05) is 43.1 Å². The molecule has 1 atom stereocenters. The van der Waals surface area contributed by atoms with Crippen LogP contribution in [0.5, 0.6) is 0 Å². The summed E-state index contributed by atoms with van der Waals surface area (Å²) in [6.45, 7) is 4.35. The van der Waals surface area contributed by atoms with Crippen LogP contribution in [0.4, 0.5) is 32.0 Å². The number of carbonyl (C=O) groups is 1. The van der Waals surface area contributed by atoms with Gasteiger partial charge in [-0.05, 0) is 53.4 Å². The number of nitrogens with one attached hydrogen (secondary N) is 1. The third-order valence-electron chi connectivity index (χ3n) is 7.63. The van der Waals surface area contributed by atoms with Crippen molar-refractivity contribution in [2.24, 2.45) is 13.0 Å². The first-order valence-corrected chi connectivity index (χ1v) is 12.9. The summed E-state index contributed by atoms with van der Waals surface area (Å²) in [7, 11) is 1.51. The summed E-state index contributed by atoms with van der Waals surface area (Å²) in [6.07, 6.45) is -6.89. The second-order valence-corrected chi connectivity index (χ2v) is 11.2. The van der Waals surface area contributed by atoms with E-state index in [1.807, 2.05) is 13.8 Å². The number of carbonyl (C=O) groups excluding carboxylic acids is 1. The predicted octanol–water partition coefficient (Wildman–Crippen LogP) is 6.12. The van der Waals surface area contributed by atoms with Gasteiger partial charge in [0.1, 0.15) is 6.33 Å². The number of hydrogen-bond donors (Lipinski definition) is 1. The normalized spacial score (nSPS) is 18.6. The Labute approximate surface area is 227 Å². The smallest absolute Gasteiger partial charge is 0.318 e. The highest BCUT2D eigenvalue weighted by atomic mass is 19.4. The summed E-state index contributed by atoms with van der Waals surface area (Å²) in [5.41, 5.74) is -2.00. The van der Waals surface area contributed by atoms with Gasteiger partial charge in [0.2, 0.25) is 5.92 Å². The van der Waals surface area contributed by atoms with Crippen molar-refractivity contribution in [1.82, 2.24) is 20.1 Å². The number of fused-ring (bicyclic) bond motifs is 1. The Morgan fingerprint density at radius 1 is 1.12 bits per heavy atom. The summed E-state index contributed by atoms with van der Waals surface area (Å²) in [4.78, 5) is 14.6. The molecule has 0 bridgehead atoms. The Balaban J connectivity index is 1.50. The maximum atomic E-state index is 15.9. The van der Waals surface area contributed by atoms with E-state index in [0.29, 0.717) is 12.1 Å². The number of amides is 1. The SMILES string of the molecule is CC(C)CNCc1cc2c(c(C(F)(F)F)c1)CN(c1cccc(C3([C@@H](F)c4nncn4C)CC(F)(F)C3)c1)C2=O. The second kappa shape index (κ2) is 9.90. The van der Waals surface area contributed by atoms with Crippen LogP contribution in [0.3, 0.4) is 0 Å². The average Bonchev–Trinajstić information content (AvgIpc) is 3.43.